The molecule has 0 saturated carbocycles. The lowest BCUT2D eigenvalue weighted by Gasteiger charge is -2.31. The second-order valence-electron chi connectivity index (χ2n) is 4.66. The van der Waals surface area contributed by atoms with Crippen LogP contribution >= 0.6 is 11.6 Å². The highest BCUT2D eigenvalue weighted by Gasteiger charge is 2.17. The van der Waals surface area contributed by atoms with Crippen LogP contribution in [0.2, 0.25) is 5.02 Å². The van der Waals surface area contributed by atoms with Crippen molar-refractivity contribution >= 4 is 11.6 Å². The zero-order valence-corrected chi connectivity index (χ0v) is 10.5. The van der Waals surface area contributed by atoms with E-state index in [2.05, 4.69) is 17.9 Å². The Labute approximate surface area is 102 Å². The van der Waals surface area contributed by atoms with E-state index in [9.17, 15) is 0 Å². The van der Waals surface area contributed by atoms with Crippen LogP contribution in [0.3, 0.4) is 0 Å². The van der Waals surface area contributed by atoms with Crippen molar-refractivity contribution in [3.63, 3.8) is 0 Å². The summed E-state index contributed by atoms with van der Waals surface area (Å²) >= 11 is 6.12. The number of hydrogen-bond donors (Lipinski definition) is 1. The smallest absolute Gasteiger partial charge is 0.0438 e. The molecule has 0 radical (unpaired) electrons. The second-order valence-corrected chi connectivity index (χ2v) is 5.07. The van der Waals surface area contributed by atoms with Crippen molar-refractivity contribution in [1.29, 1.82) is 0 Å². The van der Waals surface area contributed by atoms with Gasteiger partial charge in [0, 0.05) is 24.2 Å². The molecule has 1 aromatic rings. The van der Waals surface area contributed by atoms with Crippen LogP contribution in [0, 0.1) is 6.92 Å². The third kappa shape index (κ3) is 2.76. The summed E-state index contributed by atoms with van der Waals surface area (Å²) in [6.45, 7) is 5.22. The number of piperidine rings is 1. The van der Waals surface area contributed by atoms with Gasteiger partial charge in [0.05, 0.1) is 0 Å². The van der Waals surface area contributed by atoms with Crippen molar-refractivity contribution in [2.24, 2.45) is 5.73 Å². The lowest BCUT2D eigenvalue weighted by atomic mass is 10.0. The zero-order valence-electron chi connectivity index (χ0n) is 9.75. The van der Waals surface area contributed by atoms with Crippen LogP contribution in [0.15, 0.2) is 18.2 Å². The summed E-state index contributed by atoms with van der Waals surface area (Å²) in [6, 6.07) is 6.46. The summed E-state index contributed by atoms with van der Waals surface area (Å²) in [5, 5.41) is 0.860. The molecule has 1 aliphatic heterocycles. The van der Waals surface area contributed by atoms with E-state index in [0.717, 1.165) is 31.1 Å². The Kier molecular flexibility index (Phi) is 3.85. The lowest BCUT2D eigenvalue weighted by molar-refractivity contribution is 0.201. The van der Waals surface area contributed by atoms with Crippen LogP contribution in [-0.2, 0) is 6.54 Å². The topological polar surface area (TPSA) is 29.3 Å². The molecule has 1 heterocycles. The predicted molar refractivity (Wildman–Crippen MR) is 68.7 cm³/mol. The number of rotatable bonds is 2. The van der Waals surface area contributed by atoms with Gasteiger partial charge in [-0.05, 0) is 43.5 Å². The van der Waals surface area contributed by atoms with Crippen LogP contribution in [0.1, 0.15) is 24.0 Å². The van der Waals surface area contributed by atoms with Crippen LogP contribution in [0.5, 0.6) is 0 Å². The van der Waals surface area contributed by atoms with Crippen LogP contribution in [-0.4, -0.2) is 24.0 Å². The van der Waals surface area contributed by atoms with Crippen LogP contribution < -0.4 is 5.73 Å². The Morgan fingerprint density at radius 1 is 1.50 bits per heavy atom. The molecular weight excluding hydrogens is 220 g/mol. The third-order valence-electron chi connectivity index (χ3n) is 3.32. The maximum atomic E-state index is 6.12. The molecule has 1 saturated heterocycles. The molecule has 2 rings (SSSR count). The highest BCUT2D eigenvalue weighted by molar-refractivity contribution is 6.31. The molecule has 0 aromatic heterocycles. The lowest BCUT2D eigenvalue weighted by Crippen LogP contribution is -2.42. The first-order valence-electron chi connectivity index (χ1n) is 5.89. The van der Waals surface area contributed by atoms with Gasteiger partial charge in [-0.1, -0.05) is 23.7 Å². The predicted octanol–water partition coefficient (Wildman–Crippen LogP) is 2.57. The van der Waals surface area contributed by atoms with E-state index in [1.807, 2.05) is 12.1 Å². The Balaban J connectivity index is 2.05. The average molecular weight is 239 g/mol. The third-order valence-corrected chi connectivity index (χ3v) is 3.73. The van der Waals surface area contributed by atoms with Crippen LogP contribution in [0.25, 0.3) is 0 Å². The van der Waals surface area contributed by atoms with Gasteiger partial charge < -0.3 is 5.73 Å². The van der Waals surface area contributed by atoms with Crippen LogP contribution in [0.4, 0.5) is 0 Å². The molecule has 3 heteroatoms. The Morgan fingerprint density at radius 3 is 3.06 bits per heavy atom. The first-order chi connectivity index (χ1) is 7.66. The van der Waals surface area contributed by atoms with Gasteiger partial charge in [-0.15, -0.1) is 0 Å². The van der Waals surface area contributed by atoms with E-state index < -0.39 is 0 Å². The molecule has 2 N–H and O–H groups in total. The first-order valence-corrected chi connectivity index (χ1v) is 6.26. The molecule has 0 unspecified atom stereocenters. The van der Waals surface area contributed by atoms with Crippen molar-refractivity contribution in [2.45, 2.75) is 32.4 Å². The summed E-state index contributed by atoms with van der Waals surface area (Å²) in [7, 11) is 0. The van der Waals surface area contributed by atoms with E-state index in [0.29, 0.717) is 6.04 Å². The molecule has 16 heavy (non-hydrogen) atoms. The molecule has 1 atom stereocenters. The number of nitrogens with zero attached hydrogens (tertiary/aromatic N) is 1. The quantitative estimate of drug-likeness (QED) is 0.858. The van der Waals surface area contributed by atoms with Gasteiger partial charge in [0.15, 0.2) is 0 Å². The Morgan fingerprint density at radius 2 is 2.31 bits per heavy atom. The van der Waals surface area contributed by atoms with E-state index in [1.165, 1.54) is 17.5 Å². The minimum Gasteiger partial charge on any atom is -0.327 e. The molecule has 0 spiro atoms. The minimum atomic E-state index is 0.341. The number of nitrogens with two attached hydrogens (primary N) is 1. The van der Waals surface area contributed by atoms with Gasteiger partial charge in [-0.3, -0.25) is 4.90 Å². The van der Waals surface area contributed by atoms with Gasteiger partial charge in [0.1, 0.15) is 0 Å². The summed E-state index contributed by atoms with van der Waals surface area (Å²) in [5.41, 5.74) is 8.50. The summed E-state index contributed by atoms with van der Waals surface area (Å²) in [4.78, 5) is 2.42. The monoisotopic (exact) mass is 238 g/mol. The second kappa shape index (κ2) is 5.17. The van der Waals surface area contributed by atoms with Gasteiger partial charge >= 0.3 is 0 Å². The Bertz CT molecular complexity index is 365. The number of halogens is 1. The molecular formula is C13H19ClN2. The maximum absolute atomic E-state index is 6.12. The normalized spacial score (nSPS) is 22.3. The van der Waals surface area contributed by atoms with Crippen molar-refractivity contribution < 1.29 is 0 Å². The molecule has 1 aromatic carbocycles. The first kappa shape index (κ1) is 11.9. The highest BCUT2D eigenvalue weighted by Crippen LogP contribution is 2.21. The Hall–Kier alpha value is -0.570. The van der Waals surface area contributed by atoms with Gasteiger partial charge in [0.25, 0.3) is 0 Å². The van der Waals surface area contributed by atoms with Gasteiger partial charge in [0.2, 0.25) is 0 Å². The van der Waals surface area contributed by atoms with E-state index in [1.54, 1.807) is 0 Å². The molecule has 0 aliphatic carbocycles. The van der Waals surface area contributed by atoms with E-state index in [4.69, 9.17) is 17.3 Å². The molecule has 0 amide bonds. The largest absolute Gasteiger partial charge is 0.327 e. The summed E-state index contributed by atoms with van der Waals surface area (Å²) < 4.78 is 0. The zero-order chi connectivity index (χ0) is 11.5. The van der Waals surface area contributed by atoms with Crippen molar-refractivity contribution in [3.8, 4) is 0 Å². The number of benzene rings is 1. The molecule has 2 nitrogen and oxygen atoms in total. The van der Waals surface area contributed by atoms with Gasteiger partial charge in [-0.2, -0.15) is 0 Å². The van der Waals surface area contributed by atoms with Crippen molar-refractivity contribution in [1.82, 2.24) is 4.90 Å². The minimum absolute atomic E-state index is 0.341. The van der Waals surface area contributed by atoms with E-state index >= 15 is 0 Å². The SMILES string of the molecule is Cc1c(Cl)cccc1CN1CCC[C@@H](N)C1. The maximum Gasteiger partial charge on any atom is 0.0438 e. The summed E-state index contributed by atoms with van der Waals surface area (Å²) in [5.74, 6) is 0. The fraction of sp³-hybridized carbons (Fsp3) is 0.538. The molecule has 0 bridgehead atoms. The summed E-state index contributed by atoms with van der Waals surface area (Å²) in [6.07, 6.45) is 2.37. The van der Waals surface area contributed by atoms with Crippen molar-refractivity contribution in [3.05, 3.63) is 34.3 Å². The van der Waals surface area contributed by atoms with Gasteiger partial charge in [-0.25, -0.2) is 0 Å². The average Bonchev–Trinajstić information content (AvgIpc) is 2.25. The highest BCUT2D eigenvalue weighted by atomic mass is 35.5. The fourth-order valence-electron chi connectivity index (χ4n) is 2.30. The number of hydrogen-bond acceptors (Lipinski definition) is 2. The number of likely N-dealkylation sites (tertiary alicyclic amines) is 1. The molecule has 1 aliphatic rings. The van der Waals surface area contributed by atoms with Crippen molar-refractivity contribution in [2.75, 3.05) is 13.1 Å². The van der Waals surface area contributed by atoms with E-state index in [-0.39, 0.29) is 0 Å². The molecule has 1 fully saturated rings. The fourth-order valence-corrected chi connectivity index (χ4v) is 2.49. The standard InChI is InChI=1S/C13H19ClN2/c1-10-11(4-2-6-13(10)14)8-16-7-3-5-12(15)9-16/h2,4,6,12H,3,5,7-9,15H2,1H3/t12-/m1/s1. The molecule has 88 valence electrons.